The molecule has 1 N–H and O–H groups in total. The summed E-state index contributed by atoms with van der Waals surface area (Å²) in [7, 11) is 3.10. The lowest BCUT2D eigenvalue weighted by Gasteiger charge is -2.18. The molecule has 0 saturated carbocycles. The summed E-state index contributed by atoms with van der Waals surface area (Å²) >= 11 is 0. The van der Waals surface area contributed by atoms with Crippen LogP contribution in [0.1, 0.15) is 19.4 Å². The molecule has 0 saturated heterocycles. The summed E-state index contributed by atoms with van der Waals surface area (Å²) in [5.41, 5.74) is 0.753. The molecule has 0 fully saturated rings. The third kappa shape index (κ3) is 4.98. The summed E-state index contributed by atoms with van der Waals surface area (Å²) in [5, 5.41) is 2.59. The number of esters is 1. The van der Waals surface area contributed by atoms with Crippen molar-refractivity contribution in [3.05, 3.63) is 23.8 Å². The lowest BCUT2D eigenvalue weighted by Crippen LogP contribution is -2.42. The van der Waals surface area contributed by atoms with Gasteiger partial charge >= 0.3 is 5.97 Å². The molecule has 0 aliphatic carbocycles. The number of rotatable bonds is 7. The molecule has 0 spiro atoms. The van der Waals surface area contributed by atoms with E-state index in [0.29, 0.717) is 11.5 Å². The summed E-state index contributed by atoms with van der Waals surface area (Å²) in [4.78, 5) is 23.2. The number of hydrogen-bond acceptors (Lipinski definition) is 5. The van der Waals surface area contributed by atoms with E-state index in [-0.39, 0.29) is 18.9 Å². The zero-order valence-electron chi connectivity index (χ0n) is 12.8. The van der Waals surface area contributed by atoms with Crippen molar-refractivity contribution in [3.63, 3.8) is 0 Å². The highest BCUT2D eigenvalue weighted by Crippen LogP contribution is 2.25. The number of carbonyl (C=O) groups is 2. The summed E-state index contributed by atoms with van der Waals surface area (Å²) in [6.45, 7) is 3.33. The van der Waals surface area contributed by atoms with E-state index in [2.05, 4.69) is 5.32 Å². The van der Waals surface area contributed by atoms with Gasteiger partial charge in [0, 0.05) is 18.9 Å². The van der Waals surface area contributed by atoms with E-state index >= 15 is 0 Å². The van der Waals surface area contributed by atoms with E-state index < -0.39 is 12.0 Å². The summed E-state index contributed by atoms with van der Waals surface area (Å²) in [6, 6.07) is 4.53. The maximum atomic E-state index is 11.9. The van der Waals surface area contributed by atoms with E-state index in [1.54, 1.807) is 39.3 Å². The van der Waals surface area contributed by atoms with Gasteiger partial charge in [-0.15, -0.1) is 0 Å². The van der Waals surface area contributed by atoms with Crippen LogP contribution in [0.5, 0.6) is 11.5 Å². The Balaban J connectivity index is 3.00. The van der Waals surface area contributed by atoms with E-state index in [4.69, 9.17) is 14.2 Å². The van der Waals surface area contributed by atoms with Crippen LogP contribution in [0, 0.1) is 0 Å². The average Bonchev–Trinajstić information content (AvgIpc) is 2.46. The molecular formula is C15H21NO5. The van der Waals surface area contributed by atoms with Crippen molar-refractivity contribution in [2.45, 2.75) is 26.3 Å². The maximum absolute atomic E-state index is 11.9. The topological polar surface area (TPSA) is 73.9 Å². The summed E-state index contributed by atoms with van der Waals surface area (Å²) in [6.07, 6.45) is 0.263. The van der Waals surface area contributed by atoms with Gasteiger partial charge in [0.15, 0.2) is 0 Å². The van der Waals surface area contributed by atoms with Crippen LogP contribution in [-0.2, 0) is 20.7 Å². The third-order valence-electron chi connectivity index (χ3n) is 2.86. The van der Waals surface area contributed by atoms with Gasteiger partial charge in [0.25, 0.3) is 0 Å². The standard InChI is InChI=1S/C15H21NO5/c1-5-21-15(18)13(16-10(2)17)9-11-8-12(19-3)6-7-14(11)20-4/h6-8,13H,5,9H2,1-4H3,(H,16,17). The molecule has 1 amide bonds. The molecule has 0 heterocycles. The fourth-order valence-corrected chi connectivity index (χ4v) is 1.94. The van der Waals surface area contributed by atoms with Crippen molar-refractivity contribution in [3.8, 4) is 11.5 Å². The van der Waals surface area contributed by atoms with Crippen LogP contribution in [0.2, 0.25) is 0 Å². The minimum Gasteiger partial charge on any atom is -0.497 e. The minimum absolute atomic E-state index is 0.254. The van der Waals surface area contributed by atoms with Crippen molar-refractivity contribution in [2.75, 3.05) is 20.8 Å². The van der Waals surface area contributed by atoms with Crippen LogP contribution >= 0.6 is 0 Å². The smallest absolute Gasteiger partial charge is 0.328 e. The van der Waals surface area contributed by atoms with Crippen molar-refractivity contribution in [1.29, 1.82) is 0 Å². The van der Waals surface area contributed by atoms with Gasteiger partial charge < -0.3 is 19.5 Å². The van der Waals surface area contributed by atoms with Crippen LogP contribution in [0.4, 0.5) is 0 Å². The van der Waals surface area contributed by atoms with Crippen LogP contribution in [0.3, 0.4) is 0 Å². The second-order valence-corrected chi connectivity index (χ2v) is 4.39. The number of carbonyl (C=O) groups excluding carboxylic acids is 2. The molecule has 0 aliphatic heterocycles. The Kier molecular flexibility index (Phi) is 6.52. The molecular weight excluding hydrogens is 274 g/mol. The van der Waals surface area contributed by atoms with Gasteiger partial charge in [-0.05, 0) is 25.1 Å². The first-order valence-electron chi connectivity index (χ1n) is 6.66. The van der Waals surface area contributed by atoms with Gasteiger partial charge in [0.2, 0.25) is 5.91 Å². The number of ether oxygens (including phenoxy) is 3. The number of nitrogens with one attached hydrogen (secondary N) is 1. The molecule has 6 heteroatoms. The number of methoxy groups -OCH3 is 2. The van der Waals surface area contributed by atoms with Gasteiger partial charge in [-0.2, -0.15) is 0 Å². The fraction of sp³-hybridized carbons (Fsp3) is 0.467. The summed E-state index contributed by atoms with van der Waals surface area (Å²) in [5.74, 6) is 0.499. The van der Waals surface area contributed by atoms with E-state index in [1.165, 1.54) is 6.92 Å². The zero-order chi connectivity index (χ0) is 15.8. The molecule has 1 atom stereocenters. The Morgan fingerprint density at radius 2 is 1.95 bits per heavy atom. The van der Waals surface area contributed by atoms with Gasteiger partial charge in [-0.3, -0.25) is 4.79 Å². The molecule has 0 bridgehead atoms. The highest BCUT2D eigenvalue weighted by atomic mass is 16.5. The monoisotopic (exact) mass is 295 g/mol. The first-order valence-corrected chi connectivity index (χ1v) is 6.66. The fourth-order valence-electron chi connectivity index (χ4n) is 1.94. The van der Waals surface area contributed by atoms with E-state index in [1.807, 2.05) is 0 Å². The van der Waals surface area contributed by atoms with Gasteiger partial charge in [-0.25, -0.2) is 4.79 Å². The average molecular weight is 295 g/mol. The molecule has 6 nitrogen and oxygen atoms in total. The zero-order valence-corrected chi connectivity index (χ0v) is 12.8. The SMILES string of the molecule is CCOC(=O)C(Cc1cc(OC)ccc1OC)NC(C)=O. The van der Waals surface area contributed by atoms with Crippen LogP contribution < -0.4 is 14.8 Å². The number of amides is 1. The molecule has 1 aromatic carbocycles. The Morgan fingerprint density at radius 3 is 2.48 bits per heavy atom. The predicted octanol–water partition coefficient (Wildman–Crippen LogP) is 1.31. The molecule has 0 radical (unpaired) electrons. The second kappa shape index (κ2) is 8.14. The number of hydrogen-bond donors (Lipinski definition) is 1. The first kappa shape index (κ1) is 16.8. The minimum atomic E-state index is -0.761. The molecule has 1 aromatic rings. The Bertz CT molecular complexity index is 501. The first-order chi connectivity index (χ1) is 10.0. The Labute approximate surface area is 124 Å². The second-order valence-electron chi connectivity index (χ2n) is 4.39. The normalized spacial score (nSPS) is 11.4. The Hall–Kier alpha value is -2.24. The Morgan fingerprint density at radius 1 is 1.24 bits per heavy atom. The number of benzene rings is 1. The third-order valence-corrected chi connectivity index (χ3v) is 2.86. The highest BCUT2D eigenvalue weighted by Gasteiger charge is 2.23. The molecule has 0 aromatic heterocycles. The molecule has 1 rings (SSSR count). The highest BCUT2D eigenvalue weighted by molar-refractivity contribution is 5.83. The van der Waals surface area contributed by atoms with Crippen LogP contribution in [0.25, 0.3) is 0 Å². The predicted molar refractivity (Wildman–Crippen MR) is 77.5 cm³/mol. The molecule has 1 unspecified atom stereocenters. The quantitative estimate of drug-likeness (QED) is 0.768. The lowest BCUT2D eigenvalue weighted by atomic mass is 10.0. The van der Waals surface area contributed by atoms with Crippen molar-refractivity contribution in [2.24, 2.45) is 0 Å². The van der Waals surface area contributed by atoms with Crippen molar-refractivity contribution >= 4 is 11.9 Å². The van der Waals surface area contributed by atoms with Crippen molar-refractivity contribution < 1.29 is 23.8 Å². The van der Waals surface area contributed by atoms with Gasteiger partial charge in [-0.1, -0.05) is 0 Å². The van der Waals surface area contributed by atoms with Gasteiger partial charge in [0.05, 0.1) is 20.8 Å². The van der Waals surface area contributed by atoms with E-state index in [0.717, 1.165) is 5.56 Å². The molecule has 21 heavy (non-hydrogen) atoms. The molecule has 116 valence electrons. The van der Waals surface area contributed by atoms with Crippen molar-refractivity contribution in [1.82, 2.24) is 5.32 Å². The van der Waals surface area contributed by atoms with Crippen LogP contribution in [0.15, 0.2) is 18.2 Å². The maximum Gasteiger partial charge on any atom is 0.328 e. The van der Waals surface area contributed by atoms with E-state index in [9.17, 15) is 9.59 Å². The largest absolute Gasteiger partial charge is 0.497 e. The molecule has 0 aliphatic rings. The van der Waals surface area contributed by atoms with Crippen LogP contribution in [-0.4, -0.2) is 38.7 Å². The van der Waals surface area contributed by atoms with Gasteiger partial charge in [0.1, 0.15) is 17.5 Å². The lowest BCUT2D eigenvalue weighted by molar-refractivity contribution is -0.147. The summed E-state index contributed by atoms with van der Waals surface area (Å²) < 4.78 is 15.4.